The number of rotatable bonds is 4. The van der Waals surface area contributed by atoms with Crippen molar-refractivity contribution in [3.63, 3.8) is 0 Å². The molecule has 0 saturated carbocycles. The molecule has 94 valence electrons. The number of nitrogens with zero attached hydrogens (tertiary/aromatic N) is 2. The van der Waals surface area contributed by atoms with Gasteiger partial charge in [0.05, 0.1) is 0 Å². The smallest absolute Gasteiger partial charge is 0.226 e. The zero-order chi connectivity index (χ0) is 13.1. The molecule has 3 nitrogen and oxygen atoms in total. The quantitative estimate of drug-likeness (QED) is 0.809. The van der Waals surface area contributed by atoms with E-state index in [1.54, 1.807) is 13.2 Å². The van der Waals surface area contributed by atoms with Gasteiger partial charge in [-0.3, -0.25) is 4.79 Å². The first kappa shape index (κ1) is 12.4. The Balaban J connectivity index is 2.18. The molecule has 0 bridgehead atoms. The normalized spacial score (nSPS) is 10.6. The molecule has 0 aliphatic rings. The van der Waals surface area contributed by atoms with Crippen LogP contribution in [0.4, 0.5) is 0 Å². The van der Waals surface area contributed by atoms with Gasteiger partial charge in [-0.05, 0) is 24.3 Å². The number of para-hydroxylation sites is 1. The second-order valence-corrected chi connectivity index (χ2v) is 4.47. The van der Waals surface area contributed by atoms with Crippen molar-refractivity contribution in [3.8, 4) is 0 Å². The highest BCUT2D eigenvalue weighted by atomic mass is 16.2. The summed E-state index contributed by atoms with van der Waals surface area (Å²) in [5.74, 6) is 0.0953. The number of carbonyl (C=O) groups excluding carboxylic acids is 1. The maximum Gasteiger partial charge on any atom is 0.226 e. The Kier molecular flexibility index (Phi) is 3.51. The number of aryl methyl sites for hydroxylation is 2. The number of fused-ring (bicyclic) bond motifs is 1. The van der Waals surface area contributed by atoms with Crippen molar-refractivity contribution in [1.29, 1.82) is 0 Å². The van der Waals surface area contributed by atoms with Gasteiger partial charge < -0.3 is 9.47 Å². The van der Waals surface area contributed by atoms with Crippen LogP contribution in [0.3, 0.4) is 0 Å². The van der Waals surface area contributed by atoms with E-state index in [1.807, 2.05) is 19.2 Å². The van der Waals surface area contributed by atoms with Crippen molar-refractivity contribution in [2.45, 2.75) is 12.8 Å². The molecule has 2 rings (SSSR count). The molecule has 1 aromatic heterocycles. The molecule has 0 fully saturated rings. The fraction of sp³-hybridized carbons (Fsp3) is 0.267. The monoisotopic (exact) mass is 242 g/mol. The average Bonchev–Trinajstić information content (AvgIpc) is 2.72. The van der Waals surface area contributed by atoms with Crippen LogP contribution in [-0.2, 0) is 18.3 Å². The Hall–Kier alpha value is -2.03. The zero-order valence-corrected chi connectivity index (χ0v) is 10.9. The van der Waals surface area contributed by atoms with Crippen LogP contribution >= 0.6 is 0 Å². The van der Waals surface area contributed by atoms with E-state index in [1.165, 1.54) is 21.4 Å². The van der Waals surface area contributed by atoms with Gasteiger partial charge in [-0.25, -0.2) is 0 Å². The first-order chi connectivity index (χ1) is 8.63. The molecule has 0 saturated heterocycles. The highest BCUT2D eigenvalue weighted by molar-refractivity contribution is 5.85. The lowest BCUT2D eigenvalue weighted by Crippen LogP contribution is -2.20. The Labute approximate surface area is 107 Å². The maximum atomic E-state index is 11.7. The van der Waals surface area contributed by atoms with E-state index < -0.39 is 0 Å². The second-order valence-electron chi connectivity index (χ2n) is 4.47. The summed E-state index contributed by atoms with van der Waals surface area (Å²) in [4.78, 5) is 13.3. The lowest BCUT2D eigenvalue weighted by molar-refractivity contribution is -0.127. The first-order valence-corrected chi connectivity index (χ1v) is 6.04. The van der Waals surface area contributed by atoms with Gasteiger partial charge in [-0.1, -0.05) is 24.8 Å². The molecule has 0 atom stereocenters. The highest BCUT2D eigenvalue weighted by Gasteiger charge is 2.09. The van der Waals surface area contributed by atoms with Gasteiger partial charge in [0.2, 0.25) is 5.91 Å². The average molecular weight is 242 g/mol. The van der Waals surface area contributed by atoms with Crippen molar-refractivity contribution in [2.24, 2.45) is 7.05 Å². The Morgan fingerprint density at radius 2 is 2.17 bits per heavy atom. The van der Waals surface area contributed by atoms with Crippen molar-refractivity contribution in [3.05, 3.63) is 48.8 Å². The van der Waals surface area contributed by atoms with Crippen molar-refractivity contribution >= 4 is 16.8 Å². The summed E-state index contributed by atoms with van der Waals surface area (Å²) >= 11 is 0. The van der Waals surface area contributed by atoms with E-state index in [4.69, 9.17) is 0 Å². The molecule has 0 aliphatic heterocycles. The Morgan fingerprint density at radius 3 is 2.89 bits per heavy atom. The molecule has 0 N–H and O–H groups in total. The largest absolute Gasteiger partial charge is 0.350 e. The third-order valence-electron chi connectivity index (χ3n) is 3.25. The van der Waals surface area contributed by atoms with E-state index >= 15 is 0 Å². The van der Waals surface area contributed by atoms with Gasteiger partial charge in [0.1, 0.15) is 0 Å². The third-order valence-corrected chi connectivity index (χ3v) is 3.25. The number of aromatic nitrogens is 1. The van der Waals surface area contributed by atoms with Crippen molar-refractivity contribution in [2.75, 3.05) is 7.05 Å². The van der Waals surface area contributed by atoms with E-state index in [-0.39, 0.29) is 5.91 Å². The fourth-order valence-corrected chi connectivity index (χ4v) is 2.14. The molecular weight excluding hydrogens is 224 g/mol. The van der Waals surface area contributed by atoms with Gasteiger partial charge in [0, 0.05) is 37.6 Å². The minimum absolute atomic E-state index is 0.0953. The van der Waals surface area contributed by atoms with Gasteiger partial charge in [0.25, 0.3) is 0 Å². The summed E-state index contributed by atoms with van der Waals surface area (Å²) in [7, 11) is 3.77. The van der Waals surface area contributed by atoms with Gasteiger partial charge >= 0.3 is 0 Å². The molecular formula is C15H18N2O. The standard InChI is InChI=1S/C15H18N2O/c1-4-16(2)15(18)10-9-12-11-17(3)14-8-6-5-7-13(12)14/h4-8,11H,1,9-10H2,2-3H3. The maximum absolute atomic E-state index is 11.7. The molecule has 0 radical (unpaired) electrons. The van der Waals surface area contributed by atoms with E-state index in [2.05, 4.69) is 29.5 Å². The predicted molar refractivity (Wildman–Crippen MR) is 74.2 cm³/mol. The van der Waals surface area contributed by atoms with Crippen LogP contribution in [0.2, 0.25) is 0 Å². The van der Waals surface area contributed by atoms with Crippen LogP contribution < -0.4 is 0 Å². The molecule has 1 amide bonds. The van der Waals surface area contributed by atoms with Crippen LogP contribution in [-0.4, -0.2) is 22.4 Å². The molecule has 0 spiro atoms. The summed E-state index contributed by atoms with van der Waals surface area (Å²) in [5.41, 5.74) is 2.43. The lowest BCUT2D eigenvalue weighted by atomic mass is 10.1. The topological polar surface area (TPSA) is 25.2 Å². The lowest BCUT2D eigenvalue weighted by Gasteiger charge is -2.10. The summed E-state index contributed by atoms with van der Waals surface area (Å²) in [6.45, 7) is 3.59. The van der Waals surface area contributed by atoms with Crippen LogP contribution in [0.25, 0.3) is 10.9 Å². The first-order valence-electron chi connectivity index (χ1n) is 6.04. The molecule has 1 aromatic carbocycles. The summed E-state index contributed by atoms with van der Waals surface area (Å²) in [5, 5.41) is 1.23. The summed E-state index contributed by atoms with van der Waals surface area (Å²) in [6.07, 6.45) is 4.92. The van der Waals surface area contributed by atoms with Gasteiger partial charge in [-0.2, -0.15) is 0 Å². The van der Waals surface area contributed by atoms with Crippen molar-refractivity contribution < 1.29 is 4.79 Å². The van der Waals surface area contributed by atoms with E-state index in [0.717, 1.165) is 6.42 Å². The number of hydrogen-bond acceptors (Lipinski definition) is 1. The van der Waals surface area contributed by atoms with Gasteiger partial charge in [-0.15, -0.1) is 0 Å². The molecule has 2 aromatic rings. The molecule has 0 unspecified atom stereocenters. The predicted octanol–water partition coefficient (Wildman–Crippen LogP) is 2.71. The molecule has 18 heavy (non-hydrogen) atoms. The third kappa shape index (κ3) is 2.30. The summed E-state index contributed by atoms with van der Waals surface area (Å²) in [6, 6.07) is 8.26. The fourth-order valence-electron chi connectivity index (χ4n) is 2.14. The number of carbonyl (C=O) groups is 1. The van der Waals surface area contributed by atoms with E-state index in [0.29, 0.717) is 6.42 Å². The Bertz CT molecular complexity index is 583. The van der Waals surface area contributed by atoms with Crippen LogP contribution in [0.1, 0.15) is 12.0 Å². The Morgan fingerprint density at radius 1 is 1.44 bits per heavy atom. The number of hydrogen-bond donors (Lipinski definition) is 0. The van der Waals surface area contributed by atoms with E-state index in [9.17, 15) is 4.79 Å². The number of amides is 1. The minimum Gasteiger partial charge on any atom is -0.350 e. The minimum atomic E-state index is 0.0953. The number of benzene rings is 1. The highest BCUT2D eigenvalue weighted by Crippen LogP contribution is 2.21. The van der Waals surface area contributed by atoms with Gasteiger partial charge in [0.15, 0.2) is 0 Å². The SMILES string of the molecule is C=CN(C)C(=O)CCc1cn(C)c2ccccc12. The van der Waals surface area contributed by atoms with Crippen LogP contribution in [0, 0.1) is 0 Å². The van der Waals surface area contributed by atoms with Crippen LogP contribution in [0.5, 0.6) is 0 Å². The molecule has 0 aliphatic carbocycles. The second kappa shape index (κ2) is 5.08. The van der Waals surface area contributed by atoms with Crippen LogP contribution in [0.15, 0.2) is 43.2 Å². The molecule has 3 heteroatoms. The van der Waals surface area contributed by atoms with Crippen molar-refractivity contribution in [1.82, 2.24) is 9.47 Å². The zero-order valence-electron chi connectivity index (χ0n) is 10.9. The summed E-state index contributed by atoms with van der Waals surface area (Å²) < 4.78 is 2.10. The molecule has 1 heterocycles.